The molecule has 3 amide bonds. The molecule has 1 N–H and O–H groups in total. The van der Waals surface area contributed by atoms with E-state index in [0.29, 0.717) is 22.9 Å². The van der Waals surface area contributed by atoms with Crippen LogP contribution in [0, 0.1) is 5.82 Å². The molecule has 0 atom stereocenters. The first-order valence-corrected chi connectivity index (χ1v) is 7.31. The number of nitrogens with zero attached hydrogens (tertiary/aromatic N) is 1. The van der Waals surface area contributed by atoms with Crippen LogP contribution in [0.3, 0.4) is 0 Å². The number of carbonyl (C=O) groups excluding carboxylic acids is 2. The molecule has 1 aromatic rings. The monoisotopic (exact) mass is 342 g/mol. The second-order valence-electron chi connectivity index (χ2n) is 4.85. The van der Waals surface area contributed by atoms with Gasteiger partial charge in [-0.3, -0.25) is 9.69 Å². The highest BCUT2D eigenvalue weighted by molar-refractivity contribution is 9.10. The minimum Gasteiger partial charge on any atom is -0.323 e. The van der Waals surface area contributed by atoms with Gasteiger partial charge in [-0.05, 0) is 25.0 Å². The van der Waals surface area contributed by atoms with Crippen molar-refractivity contribution < 1.29 is 14.0 Å². The van der Waals surface area contributed by atoms with Crippen molar-refractivity contribution in [3.63, 3.8) is 0 Å². The van der Waals surface area contributed by atoms with Gasteiger partial charge >= 0.3 is 6.03 Å². The first-order valence-electron chi connectivity index (χ1n) is 6.51. The zero-order valence-electron chi connectivity index (χ0n) is 11.4. The van der Waals surface area contributed by atoms with Gasteiger partial charge in [0.15, 0.2) is 0 Å². The Labute approximate surface area is 125 Å². The van der Waals surface area contributed by atoms with Crippen molar-refractivity contribution in [2.45, 2.75) is 38.8 Å². The Kier molecular flexibility index (Phi) is 4.13. The Bertz CT molecular complexity index is 558. The molecule has 0 unspecified atom stereocenters. The van der Waals surface area contributed by atoms with Crippen molar-refractivity contribution in [2.75, 3.05) is 0 Å². The van der Waals surface area contributed by atoms with Crippen molar-refractivity contribution in [1.29, 1.82) is 0 Å². The van der Waals surface area contributed by atoms with Gasteiger partial charge in [0.2, 0.25) is 0 Å². The van der Waals surface area contributed by atoms with E-state index in [2.05, 4.69) is 21.2 Å². The largest absolute Gasteiger partial charge is 0.325 e. The molecule has 2 rings (SSSR count). The summed E-state index contributed by atoms with van der Waals surface area (Å²) in [5.41, 5.74) is -0.525. The van der Waals surface area contributed by atoms with Crippen molar-refractivity contribution in [2.24, 2.45) is 0 Å². The maximum Gasteiger partial charge on any atom is 0.325 e. The van der Waals surface area contributed by atoms with Crippen molar-refractivity contribution >= 4 is 27.9 Å². The van der Waals surface area contributed by atoms with Gasteiger partial charge in [0.25, 0.3) is 5.91 Å². The summed E-state index contributed by atoms with van der Waals surface area (Å²) in [6.07, 6.45) is 1.04. The normalized spacial score (nSPS) is 17.5. The average molecular weight is 343 g/mol. The number of benzene rings is 1. The van der Waals surface area contributed by atoms with E-state index in [-0.39, 0.29) is 12.5 Å². The molecular weight excluding hydrogens is 327 g/mol. The Morgan fingerprint density at radius 2 is 1.95 bits per heavy atom. The van der Waals surface area contributed by atoms with Crippen LogP contribution in [-0.4, -0.2) is 22.4 Å². The van der Waals surface area contributed by atoms with Gasteiger partial charge in [-0.2, -0.15) is 0 Å². The smallest absolute Gasteiger partial charge is 0.323 e. The van der Waals surface area contributed by atoms with Crippen LogP contribution in [0.5, 0.6) is 0 Å². The van der Waals surface area contributed by atoms with Crippen LogP contribution in [-0.2, 0) is 11.3 Å². The lowest BCUT2D eigenvalue weighted by Gasteiger charge is -2.23. The number of hydrogen-bond donors (Lipinski definition) is 1. The maximum atomic E-state index is 13.8. The lowest BCUT2D eigenvalue weighted by Crippen LogP contribution is -2.45. The van der Waals surface area contributed by atoms with Gasteiger partial charge in [0, 0.05) is 10.0 Å². The third-order valence-electron chi connectivity index (χ3n) is 3.80. The molecule has 4 nitrogen and oxygen atoms in total. The third kappa shape index (κ3) is 2.44. The number of amides is 3. The van der Waals surface area contributed by atoms with Crippen LogP contribution in [0.1, 0.15) is 32.3 Å². The molecule has 1 aliphatic rings. The fourth-order valence-electron chi connectivity index (χ4n) is 2.37. The van der Waals surface area contributed by atoms with E-state index in [1.807, 2.05) is 13.8 Å². The van der Waals surface area contributed by atoms with Crippen molar-refractivity contribution in [3.05, 3.63) is 34.1 Å². The number of nitrogens with one attached hydrogen (secondary N) is 1. The zero-order valence-corrected chi connectivity index (χ0v) is 13.0. The minimum absolute atomic E-state index is 0.0501. The Morgan fingerprint density at radius 1 is 1.30 bits per heavy atom. The van der Waals surface area contributed by atoms with Crippen molar-refractivity contribution in [1.82, 2.24) is 10.2 Å². The molecule has 1 saturated heterocycles. The Morgan fingerprint density at radius 3 is 2.45 bits per heavy atom. The summed E-state index contributed by atoms with van der Waals surface area (Å²) in [5.74, 6) is -0.722. The number of halogens is 2. The molecule has 1 aliphatic heterocycles. The second kappa shape index (κ2) is 5.52. The quantitative estimate of drug-likeness (QED) is 0.854. The van der Waals surface area contributed by atoms with Crippen LogP contribution in [0.4, 0.5) is 9.18 Å². The van der Waals surface area contributed by atoms with Crippen LogP contribution in [0.15, 0.2) is 22.7 Å². The fraction of sp³-hybridized carbons (Fsp3) is 0.429. The van der Waals surface area contributed by atoms with Crippen molar-refractivity contribution in [3.8, 4) is 0 Å². The molecule has 1 heterocycles. The molecule has 1 aromatic carbocycles. The molecule has 20 heavy (non-hydrogen) atoms. The molecule has 0 aliphatic carbocycles. The third-order valence-corrected chi connectivity index (χ3v) is 4.29. The summed E-state index contributed by atoms with van der Waals surface area (Å²) in [4.78, 5) is 25.4. The molecule has 0 radical (unpaired) electrons. The molecular formula is C14H16BrFN2O2. The van der Waals surface area contributed by atoms with Gasteiger partial charge in [0.1, 0.15) is 11.4 Å². The summed E-state index contributed by atoms with van der Waals surface area (Å²) >= 11 is 3.17. The standard InChI is InChI=1S/C14H16BrFN2O2/c1-3-14(4-2)12(19)18(13(20)17-14)8-9-5-6-10(15)7-11(9)16/h5-7H,3-4,8H2,1-2H3,(H,17,20). The van der Waals surface area contributed by atoms with Gasteiger partial charge in [-0.25, -0.2) is 9.18 Å². The highest BCUT2D eigenvalue weighted by Gasteiger charge is 2.48. The highest BCUT2D eigenvalue weighted by atomic mass is 79.9. The van der Waals surface area contributed by atoms with E-state index in [1.165, 1.54) is 6.07 Å². The molecule has 1 fully saturated rings. The lowest BCUT2D eigenvalue weighted by atomic mass is 9.93. The summed E-state index contributed by atoms with van der Waals surface area (Å²) in [6, 6.07) is 4.11. The predicted molar refractivity (Wildman–Crippen MR) is 76.5 cm³/mol. The zero-order chi connectivity index (χ0) is 14.9. The minimum atomic E-state index is -0.844. The number of hydrogen-bond acceptors (Lipinski definition) is 2. The number of urea groups is 1. The first-order chi connectivity index (χ1) is 9.43. The van der Waals surface area contributed by atoms with E-state index in [1.54, 1.807) is 12.1 Å². The number of carbonyl (C=O) groups is 2. The Hall–Kier alpha value is -1.43. The maximum absolute atomic E-state index is 13.8. The van der Waals surface area contributed by atoms with E-state index >= 15 is 0 Å². The van der Waals surface area contributed by atoms with E-state index in [4.69, 9.17) is 0 Å². The van der Waals surface area contributed by atoms with Gasteiger partial charge < -0.3 is 5.32 Å². The molecule has 108 valence electrons. The predicted octanol–water partition coefficient (Wildman–Crippen LogP) is 3.20. The Balaban J connectivity index is 2.26. The fourth-order valence-corrected chi connectivity index (χ4v) is 2.70. The topological polar surface area (TPSA) is 49.4 Å². The van der Waals surface area contributed by atoms with Crippen LogP contribution in [0.25, 0.3) is 0 Å². The summed E-state index contributed by atoms with van der Waals surface area (Å²) in [5, 5.41) is 2.72. The first kappa shape index (κ1) is 15.0. The number of imide groups is 1. The molecule has 0 spiro atoms. The SMILES string of the molecule is CCC1(CC)NC(=O)N(Cc2ccc(Br)cc2F)C1=O. The van der Waals surface area contributed by atoms with Gasteiger partial charge in [0.05, 0.1) is 6.54 Å². The number of rotatable bonds is 4. The molecule has 0 aromatic heterocycles. The molecule has 6 heteroatoms. The average Bonchev–Trinajstić information content (AvgIpc) is 2.66. The van der Waals surface area contributed by atoms with Gasteiger partial charge in [-0.1, -0.05) is 35.8 Å². The molecule has 0 bridgehead atoms. The summed E-state index contributed by atoms with van der Waals surface area (Å²) < 4.78 is 14.4. The van der Waals surface area contributed by atoms with Crippen LogP contribution < -0.4 is 5.32 Å². The van der Waals surface area contributed by atoms with E-state index < -0.39 is 17.4 Å². The summed E-state index contributed by atoms with van der Waals surface area (Å²) in [6.45, 7) is 3.66. The van der Waals surface area contributed by atoms with Gasteiger partial charge in [-0.15, -0.1) is 0 Å². The second-order valence-corrected chi connectivity index (χ2v) is 5.76. The van der Waals surface area contributed by atoms with Crippen LogP contribution >= 0.6 is 15.9 Å². The highest BCUT2D eigenvalue weighted by Crippen LogP contribution is 2.27. The molecule has 0 saturated carbocycles. The van der Waals surface area contributed by atoms with E-state index in [9.17, 15) is 14.0 Å². The summed E-state index contributed by atoms with van der Waals surface area (Å²) in [7, 11) is 0. The van der Waals surface area contributed by atoms with Crippen LogP contribution in [0.2, 0.25) is 0 Å². The van der Waals surface area contributed by atoms with E-state index in [0.717, 1.165) is 4.90 Å². The lowest BCUT2D eigenvalue weighted by molar-refractivity contribution is -0.132.